The molecule has 2 heterocycles. The number of imidazole rings is 1. The monoisotopic (exact) mass is 195 g/mol. The number of nitrogens with two attached hydrogens (primary N) is 1. The van der Waals surface area contributed by atoms with E-state index in [0.29, 0.717) is 17.0 Å². The Balaban J connectivity index is 3.04. The van der Waals surface area contributed by atoms with Crippen molar-refractivity contribution in [3.63, 3.8) is 0 Å². The molecule has 6 heteroatoms. The predicted octanol–water partition coefficient (Wildman–Crippen LogP) is -0.442. The Labute approximate surface area is 81.4 Å². The van der Waals surface area contributed by atoms with E-state index in [-0.39, 0.29) is 18.5 Å². The van der Waals surface area contributed by atoms with Crippen molar-refractivity contribution in [2.24, 2.45) is 14.1 Å². The molecule has 0 aliphatic carbocycles. The highest BCUT2D eigenvalue weighted by Crippen LogP contribution is 2.14. The number of anilines is 1. The first-order valence-electron chi connectivity index (χ1n) is 4.75. The zero-order chi connectivity index (χ0) is 11.2. The van der Waals surface area contributed by atoms with Crippen molar-refractivity contribution in [1.29, 1.82) is 0 Å². The number of fused-ring (bicyclic) bond motifs is 1. The second kappa shape index (κ2) is 2.57. The summed E-state index contributed by atoms with van der Waals surface area (Å²) in [6.07, 6.45) is 0. The molecule has 74 valence electrons. The topological polar surface area (TPSA) is 78.7 Å². The third-order valence-corrected chi connectivity index (χ3v) is 2.11. The summed E-state index contributed by atoms with van der Waals surface area (Å²) >= 11 is 0. The number of aromatic nitrogens is 4. The summed E-state index contributed by atoms with van der Waals surface area (Å²) in [7, 11) is 1.41. The highest BCUT2D eigenvalue weighted by Gasteiger charge is 2.12. The van der Waals surface area contributed by atoms with Gasteiger partial charge in [-0.15, -0.1) is 0 Å². The van der Waals surface area contributed by atoms with Crippen LogP contribution in [0.15, 0.2) is 4.79 Å². The largest absolute Gasteiger partial charge is 0.382 e. The third kappa shape index (κ3) is 0.935. The quantitative estimate of drug-likeness (QED) is 0.618. The van der Waals surface area contributed by atoms with Crippen LogP contribution in [-0.4, -0.2) is 19.1 Å². The fraction of sp³-hybridized carbons (Fsp3) is 0.375. The standard InChI is InChI=1S/C8H11N5O/c1-4-10-6(9)5-7(11-4)13(3)8(14)12(5)2/h1-3H3,(H2,9,10,11)/i3T. The molecule has 0 aliphatic heterocycles. The molecule has 0 amide bonds. The fourth-order valence-electron chi connectivity index (χ4n) is 1.45. The van der Waals surface area contributed by atoms with E-state index in [1.54, 1.807) is 14.0 Å². The lowest BCUT2D eigenvalue weighted by Crippen LogP contribution is -2.19. The Kier molecular flexibility index (Phi) is 1.38. The second-order valence-corrected chi connectivity index (χ2v) is 3.10. The molecule has 14 heavy (non-hydrogen) atoms. The number of rotatable bonds is 0. The van der Waals surface area contributed by atoms with Crippen LogP contribution in [0.1, 0.15) is 7.20 Å². The van der Waals surface area contributed by atoms with Crippen LogP contribution >= 0.6 is 0 Å². The maximum Gasteiger partial charge on any atom is 0.329 e. The molecule has 2 aromatic rings. The van der Waals surface area contributed by atoms with Crippen molar-refractivity contribution in [3.05, 3.63) is 16.3 Å². The lowest BCUT2D eigenvalue weighted by atomic mass is 10.4. The van der Waals surface area contributed by atoms with E-state index in [1.165, 1.54) is 9.13 Å². The van der Waals surface area contributed by atoms with Crippen molar-refractivity contribution in [2.45, 2.75) is 6.92 Å². The first-order chi connectivity index (χ1) is 7.06. The van der Waals surface area contributed by atoms with Gasteiger partial charge in [0.05, 0.1) is 0 Å². The SMILES string of the molecule is [3H]Cn1c(=O)n(C)c2c(N)nc(C)nc21. The minimum atomic E-state index is -0.299. The zero-order valence-electron chi connectivity index (χ0n) is 8.98. The van der Waals surface area contributed by atoms with Gasteiger partial charge in [0.25, 0.3) is 0 Å². The smallest absolute Gasteiger partial charge is 0.329 e. The fourth-order valence-corrected chi connectivity index (χ4v) is 1.45. The molecule has 0 radical (unpaired) electrons. The van der Waals surface area contributed by atoms with Gasteiger partial charge in [0, 0.05) is 15.4 Å². The van der Waals surface area contributed by atoms with Gasteiger partial charge in [-0.1, -0.05) is 0 Å². The Morgan fingerprint density at radius 1 is 1.43 bits per heavy atom. The minimum absolute atomic E-state index is 0.175. The molecule has 0 saturated heterocycles. The maximum absolute atomic E-state index is 11.7. The summed E-state index contributed by atoms with van der Waals surface area (Å²) in [5, 5.41) is 0. The van der Waals surface area contributed by atoms with Crippen LogP contribution < -0.4 is 11.4 Å². The summed E-state index contributed by atoms with van der Waals surface area (Å²) in [4.78, 5) is 19.8. The molecule has 2 aromatic heterocycles. The summed E-state index contributed by atoms with van der Waals surface area (Å²) in [5.74, 6) is 0.761. The van der Waals surface area contributed by atoms with E-state index in [4.69, 9.17) is 7.10 Å². The molecule has 6 nitrogen and oxygen atoms in total. The first kappa shape index (κ1) is 7.54. The van der Waals surface area contributed by atoms with Crippen LogP contribution in [0.4, 0.5) is 5.82 Å². The van der Waals surface area contributed by atoms with Gasteiger partial charge in [0.1, 0.15) is 11.3 Å². The van der Waals surface area contributed by atoms with Crippen LogP contribution in [0.2, 0.25) is 0 Å². The number of nitrogen functional groups attached to an aromatic ring is 1. The Morgan fingerprint density at radius 2 is 2.14 bits per heavy atom. The van der Waals surface area contributed by atoms with Crippen molar-refractivity contribution in [1.82, 2.24) is 19.1 Å². The lowest BCUT2D eigenvalue weighted by molar-refractivity contribution is 0.791. The van der Waals surface area contributed by atoms with Crippen LogP contribution in [-0.2, 0) is 14.1 Å². The van der Waals surface area contributed by atoms with Gasteiger partial charge >= 0.3 is 5.69 Å². The average molecular weight is 195 g/mol. The molecule has 0 bridgehead atoms. The summed E-state index contributed by atoms with van der Waals surface area (Å²) in [5.41, 5.74) is 6.31. The average Bonchev–Trinajstić information content (AvgIpc) is 2.39. The normalized spacial score (nSPS) is 12.0. The summed E-state index contributed by atoms with van der Waals surface area (Å²) < 4.78 is 9.88. The minimum Gasteiger partial charge on any atom is -0.382 e. The molecular weight excluding hydrogens is 182 g/mol. The van der Waals surface area contributed by atoms with Gasteiger partial charge in [-0.05, 0) is 6.92 Å². The Morgan fingerprint density at radius 3 is 2.79 bits per heavy atom. The van der Waals surface area contributed by atoms with Gasteiger partial charge in [-0.2, -0.15) is 0 Å². The van der Waals surface area contributed by atoms with E-state index in [0.717, 1.165) is 0 Å². The van der Waals surface area contributed by atoms with Gasteiger partial charge in [0.15, 0.2) is 11.5 Å². The summed E-state index contributed by atoms with van der Waals surface area (Å²) in [6, 6.07) is 0. The van der Waals surface area contributed by atoms with Gasteiger partial charge in [0.2, 0.25) is 0 Å². The second-order valence-electron chi connectivity index (χ2n) is 3.10. The number of aryl methyl sites for hydroxylation is 3. The highest BCUT2D eigenvalue weighted by atomic mass is 16.1. The first-order valence-corrected chi connectivity index (χ1v) is 4.05. The third-order valence-electron chi connectivity index (χ3n) is 2.11. The Hall–Kier alpha value is -1.85. The van der Waals surface area contributed by atoms with E-state index in [2.05, 4.69) is 9.97 Å². The van der Waals surface area contributed by atoms with Crippen molar-refractivity contribution >= 4 is 17.0 Å². The van der Waals surface area contributed by atoms with E-state index in [1.807, 2.05) is 0 Å². The molecule has 2 N–H and O–H groups in total. The van der Waals surface area contributed by atoms with Gasteiger partial charge < -0.3 is 5.73 Å². The van der Waals surface area contributed by atoms with Crippen LogP contribution in [0.25, 0.3) is 11.2 Å². The van der Waals surface area contributed by atoms with E-state index >= 15 is 0 Å². The van der Waals surface area contributed by atoms with Crippen molar-refractivity contribution in [2.75, 3.05) is 5.73 Å². The maximum atomic E-state index is 11.7. The molecule has 0 aromatic carbocycles. The molecule has 0 atom stereocenters. The highest BCUT2D eigenvalue weighted by molar-refractivity contribution is 5.82. The molecular formula is C8H11N5O. The van der Waals surface area contributed by atoms with Crippen molar-refractivity contribution in [3.8, 4) is 0 Å². The molecule has 0 saturated carbocycles. The van der Waals surface area contributed by atoms with Gasteiger partial charge in [-0.3, -0.25) is 9.13 Å². The molecule has 0 spiro atoms. The Bertz CT molecular complexity index is 585. The van der Waals surface area contributed by atoms with E-state index in [9.17, 15) is 4.79 Å². The number of nitrogens with zero attached hydrogens (tertiary/aromatic N) is 4. The van der Waals surface area contributed by atoms with Crippen LogP contribution in [0.3, 0.4) is 0 Å². The zero-order valence-corrected chi connectivity index (χ0v) is 7.98. The molecule has 0 unspecified atom stereocenters. The molecule has 0 aliphatic rings. The number of hydrogen-bond donors (Lipinski definition) is 1. The van der Waals surface area contributed by atoms with Crippen molar-refractivity contribution < 1.29 is 1.37 Å². The van der Waals surface area contributed by atoms with E-state index < -0.39 is 0 Å². The molecule has 2 rings (SSSR count). The van der Waals surface area contributed by atoms with Crippen LogP contribution in [0, 0.1) is 6.92 Å². The predicted molar refractivity (Wildman–Crippen MR) is 52.9 cm³/mol. The summed E-state index contributed by atoms with van der Waals surface area (Å²) in [6.45, 7) is 1.70. The molecule has 0 fully saturated rings. The van der Waals surface area contributed by atoms with Gasteiger partial charge in [-0.25, -0.2) is 14.8 Å². The lowest BCUT2D eigenvalue weighted by Gasteiger charge is -1.99. The van der Waals surface area contributed by atoms with Crippen LogP contribution in [0.5, 0.6) is 0 Å². The number of hydrogen-bond acceptors (Lipinski definition) is 4.